The van der Waals surface area contributed by atoms with Crippen LogP contribution in [0.5, 0.6) is 0 Å². The van der Waals surface area contributed by atoms with Crippen LogP contribution in [-0.4, -0.2) is 58.1 Å². The normalized spacial score (nSPS) is 30.4. The molecule has 2 atom stereocenters. The molecule has 3 aliphatic rings. The maximum atomic E-state index is 12.9. The number of amides is 2. The summed E-state index contributed by atoms with van der Waals surface area (Å²) in [5.41, 5.74) is 0.744. The predicted octanol–water partition coefficient (Wildman–Crippen LogP) is 0.953. The minimum Gasteiger partial charge on any atom is -0.353 e. The molecule has 0 unspecified atom stereocenters. The molecule has 6 nitrogen and oxygen atoms in total. The van der Waals surface area contributed by atoms with Crippen molar-refractivity contribution >= 4 is 11.8 Å². The van der Waals surface area contributed by atoms with Gasteiger partial charge in [-0.1, -0.05) is 6.07 Å². The lowest BCUT2D eigenvalue weighted by atomic mass is 10.0. The highest BCUT2D eigenvalue weighted by Crippen LogP contribution is 2.45. The second-order valence-electron chi connectivity index (χ2n) is 6.23. The average Bonchev–Trinajstić information content (AvgIpc) is 3.00. The van der Waals surface area contributed by atoms with Crippen LogP contribution in [0.4, 0.5) is 0 Å². The SMILES string of the molecule is Cc1cccnc1C(=O)N1CC[C@@]23OCCCN2C(=O)C[C@@H]13. The first-order chi connectivity index (χ1) is 10.6. The Kier molecular flexibility index (Phi) is 2.97. The molecule has 0 N–H and O–H groups in total. The molecule has 3 aliphatic heterocycles. The van der Waals surface area contributed by atoms with Gasteiger partial charge in [0.2, 0.25) is 5.91 Å². The van der Waals surface area contributed by atoms with Crippen molar-refractivity contribution in [3.8, 4) is 0 Å². The lowest BCUT2D eigenvalue weighted by molar-refractivity contribution is -0.179. The van der Waals surface area contributed by atoms with Gasteiger partial charge >= 0.3 is 0 Å². The molecule has 0 bridgehead atoms. The highest BCUT2D eigenvalue weighted by Gasteiger charge is 2.61. The Morgan fingerprint density at radius 1 is 1.45 bits per heavy atom. The van der Waals surface area contributed by atoms with Gasteiger partial charge in [0.05, 0.1) is 19.1 Å². The van der Waals surface area contributed by atoms with Gasteiger partial charge in [-0.05, 0) is 25.0 Å². The number of hydrogen-bond acceptors (Lipinski definition) is 4. The maximum Gasteiger partial charge on any atom is 0.273 e. The average molecular weight is 301 g/mol. The molecule has 1 aromatic rings. The number of hydrogen-bond donors (Lipinski definition) is 0. The topological polar surface area (TPSA) is 62.7 Å². The fraction of sp³-hybridized carbons (Fsp3) is 0.562. The van der Waals surface area contributed by atoms with Crippen LogP contribution in [0.1, 0.15) is 35.3 Å². The van der Waals surface area contributed by atoms with E-state index in [0.29, 0.717) is 31.7 Å². The first-order valence-corrected chi connectivity index (χ1v) is 7.80. The minimum absolute atomic E-state index is 0.0937. The number of carbonyl (C=O) groups is 2. The predicted molar refractivity (Wildman–Crippen MR) is 78.0 cm³/mol. The Labute approximate surface area is 129 Å². The number of ether oxygens (including phenoxy) is 1. The Morgan fingerprint density at radius 3 is 3.14 bits per heavy atom. The zero-order valence-corrected chi connectivity index (χ0v) is 12.6. The molecule has 116 valence electrons. The third-order valence-electron chi connectivity index (χ3n) is 5.08. The molecule has 2 amide bonds. The van der Waals surface area contributed by atoms with Crippen LogP contribution in [0.3, 0.4) is 0 Å². The summed E-state index contributed by atoms with van der Waals surface area (Å²) in [6.45, 7) is 3.89. The first kappa shape index (κ1) is 13.7. The van der Waals surface area contributed by atoms with Crippen LogP contribution in [-0.2, 0) is 9.53 Å². The smallest absolute Gasteiger partial charge is 0.273 e. The van der Waals surface area contributed by atoms with Crippen LogP contribution in [0.2, 0.25) is 0 Å². The van der Waals surface area contributed by atoms with Gasteiger partial charge in [0.15, 0.2) is 5.72 Å². The zero-order valence-electron chi connectivity index (χ0n) is 12.6. The maximum absolute atomic E-state index is 12.9. The Morgan fingerprint density at radius 2 is 2.32 bits per heavy atom. The molecular formula is C16H19N3O3. The molecule has 4 rings (SSSR count). The Bertz CT molecular complexity index is 647. The van der Waals surface area contributed by atoms with Crippen LogP contribution >= 0.6 is 0 Å². The fourth-order valence-corrected chi connectivity index (χ4v) is 4.04. The van der Waals surface area contributed by atoms with Crippen molar-refractivity contribution in [1.82, 2.24) is 14.8 Å². The quantitative estimate of drug-likeness (QED) is 0.775. The molecule has 1 aromatic heterocycles. The van der Waals surface area contributed by atoms with Crippen LogP contribution < -0.4 is 0 Å². The summed E-state index contributed by atoms with van der Waals surface area (Å²) in [5.74, 6) is 0.00346. The van der Waals surface area contributed by atoms with Gasteiger partial charge in [-0.2, -0.15) is 0 Å². The lowest BCUT2D eigenvalue weighted by Crippen LogP contribution is -2.56. The Balaban J connectivity index is 1.67. The number of pyridine rings is 1. The van der Waals surface area contributed by atoms with Crippen LogP contribution in [0, 0.1) is 6.92 Å². The minimum atomic E-state index is -0.590. The van der Waals surface area contributed by atoms with E-state index in [-0.39, 0.29) is 17.9 Å². The molecule has 3 saturated heterocycles. The summed E-state index contributed by atoms with van der Waals surface area (Å²) >= 11 is 0. The van der Waals surface area contributed by atoms with Crippen LogP contribution in [0.15, 0.2) is 18.3 Å². The van der Waals surface area contributed by atoms with Gasteiger partial charge in [-0.15, -0.1) is 0 Å². The highest BCUT2D eigenvalue weighted by atomic mass is 16.5. The molecule has 1 spiro atoms. The first-order valence-electron chi connectivity index (χ1n) is 7.80. The largest absolute Gasteiger partial charge is 0.353 e. The lowest BCUT2D eigenvalue weighted by Gasteiger charge is -2.42. The number of rotatable bonds is 1. The molecule has 0 aliphatic carbocycles. The second-order valence-corrected chi connectivity index (χ2v) is 6.23. The standard InChI is InChI=1S/C16H19N3O3/c1-11-4-2-6-17-14(11)15(21)18-8-5-16-12(18)10-13(20)19(16)7-3-9-22-16/h2,4,6,12H,3,5,7-10H2,1H3/t12-,16+/m1/s1. The number of carbonyl (C=O) groups excluding carboxylic acids is 2. The van der Waals surface area contributed by atoms with E-state index in [1.165, 1.54) is 0 Å². The van der Waals surface area contributed by atoms with Crippen molar-refractivity contribution in [2.24, 2.45) is 0 Å². The van der Waals surface area contributed by atoms with E-state index in [1.807, 2.05) is 24.0 Å². The summed E-state index contributed by atoms with van der Waals surface area (Å²) < 4.78 is 6.02. The summed E-state index contributed by atoms with van der Waals surface area (Å²) in [4.78, 5) is 33.0. The monoisotopic (exact) mass is 301 g/mol. The van der Waals surface area contributed by atoms with Crippen molar-refractivity contribution in [2.45, 2.75) is 38.0 Å². The number of likely N-dealkylation sites (tertiary alicyclic amines) is 1. The summed E-state index contributed by atoms with van der Waals surface area (Å²) in [5, 5.41) is 0. The third-order valence-corrected chi connectivity index (χ3v) is 5.08. The van der Waals surface area contributed by atoms with Gasteiger partial charge in [-0.3, -0.25) is 14.6 Å². The van der Waals surface area contributed by atoms with E-state index >= 15 is 0 Å². The molecule has 22 heavy (non-hydrogen) atoms. The molecule has 0 aromatic carbocycles. The van der Waals surface area contributed by atoms with Gasteiger partial charge in [-0.25, -0.2) is 0 Å². The van der Waals surface area contributed by atoms with Gasteiger partial charge in [0.1, 0.15) is 5.69 Å². The highest BCUT2D eigenvalue weighted by molar-refractivity contribution is 5.95. The molecule has 0 radical (unpaired) electrons. The number of nitrogens with zero attached hydrogens (tertiary/aromatic N) is 3. The van der Waals surface area contributed by atoms with Crippen molar-refractivity contribution in [2.75, 3.05) is 19.7 Å². The number of aromatic nitrogens is 1. The van der Waals surface area contributed by atoms with Gasteiger partial charge in [0.25, 0.3) is 5.91 Å². The number of aryl methyl sites for hydroxylation is 1. The van der Waals surface area contributed by atoms with E-state index < -0.39 is 5.72 Å². The molecule has 4 heterocycles. The van der Waals surface area contributed by atoms with Gasteiger partial charge < -0.3 is 14.5 Å². The van der Waals surface area contributed by atoms with E-state index in [9.17, 15) is 9.59 Å². The van der Waals surface area contributed by atoms with E-state index in [2.05, 4.69) is 4.98 Å². The molecule has 3 fully saturated rings. The summed E-state index contributed by atoms with van der Waals surface area (Å²) in [7, 11) is 0. The Hall–Kier alpha value is -1.95. The molecular weight excluding hydrogens is 282 g/mol. The summed E-state index contributed by atoms with van der Waals surface area (Å²) in [6.07, 6.45) is 3.56. The third kappa shape index (κ3) is 1.73. The van der Waals surface area contributed by atoms with Crippen LogP contribution in [0.25, 0.3) is 0 Å². The van der Waals surface area contributed by atoms with Crippen molar-refractivity contribution in [3.05, 3.63) is 29.6 Å². The van der Waals surface area contributed by atoms with E-state index in [4.69, 9.17) is 4.74 Å². The molecule has 6 heteroatoms. The fourth-order valence-electron chi connectivity index (χ4n) is 4.04. The van der Waals surface area contributed by atoms with E-state index in [0.717, 1.165) is 18.5 Å². The van der Waals surface area contributed by atoms with E-state index in [1.54, 1.807) is 11.1 Å². The van der Waals surface area contributed by atoms with Crippen molar-refractivity contribution in [1.29, 1.82) is 0 Å². The van der Waals surface area contributed by atoms with Crippen molar-refractivity contribution in [3.63, 3.8) is 0 Å². The molecule has 0 saturated carbocycles. The summed E-state index contributed by atoms with van der Waals surface area (Å²) in [6, 6.07) is 3.52. The second kappa shape index (κ2) is 4.78. The zero-order chi connectivity index (χ0) is 15.3. The van der Waals surface area contributed by atoms with Crippen molar-refractivity contribution < 1.29 is 14.3 Å². The van der Waals surface area contributed by atoms with Gasteiger partial charge in [0, 0.05) is 25.7 Å².